The number of carbonyl (C=O) groups excluding carboxylic acids is 1. The van der Waals surface area contributed by atoms with Crippen molar-refractivity contribution in [2.75, 3.05) is 17.6 Å². The lowest BCUT2D eigenvalue weighted by Crippen LogP contribution is -2.20. The lowest BCUT2D eigenvalue weighted by molar-refractivity contribution is -0.115. The summed E-state index contributed by atoms with van der Waals surface area (Å²) in [5.74, 6) is 1.78. The molecule has 0 aliphatic rings. The highest BCUT2D eigenvalue weighted by Gasteiger charge is 2.08. The molecule has 3 rings (SSSR count). The van der Waals surface area contributed by atoms with Crippen molar-refractivity contribution in [1.82, 2.24) is 10.3 Å². The molecule has 1 amide bonds. The van der Waals surface area contributed by atoms with Crippen molar-refractivity contribution >= 4 is 38.3 Å². The maximum absolute atomic E-state index is 11.1. The fourth-order valence-corrected chi connectivity index (χ4v) is 3.60. The van der Waals surface area contributed by atoms with Gasteiger partial charge in [-0.3, -0.25) is 4.79 Å². The monoisotopic (exact) mass is 380 g/mol. The number of benzene rings is 2. The van der Waals surface area contributed by atoms with Gasteiger partial charge in [-0.2, -0.15) is 0 Å². The topological polar surface area (TPSA) is 100 Å². The fraction of sp³-hybridized carbons (Fsp3) is 0.200. The lowest BCUT2D eigenvalue weighted by atomic mass is 10.1. The number of phenolic OH excluding ortho intramolecular Hbond substituents is 1. The molecule has 0 fully saturated rings. The summed E-state index contributed by atoms with van der Waals surface area (Å²) in [7, 11) is 0. The third kappa shape index (κ3) is 4.90. The van der Waals surface area contributed by atoms with Crippen molar-refractivity contribution in [3.63, 3.8) is 0 Å². The number of rotatable bonds is 7. The molecule has 0 atom stereocenters. The van der Waals surface area contributed by atoms with E-state index in [4.69, 9.17) is 12.2 Å². The quantitative estimate of drug-likeness (QED) is 0.373. The summed E-state index contributed by atoms with van der Waals surface area (Å²) >= 11 is 1.38. The molecule has 5 N–H and O–H groups in total. The number of hydrogen-bond acceptors (Lipinski definition) is 6. The van der Waals surface area contributed by atoms with Crippen molar-refractivity contribution in [2.24, 2.45) is 0 Å². The Bertz CT molecular complexity index is 1010. The second-order valence-corrected chi connectivity index (χ2v) is 7.13. The average Bonchev–Trinajstić information content (AvgIpc) is 3.04. The highest BCUT2D eigenvalue weighted by molar-refractivity contribution is 7.22. The first-order valence-electron chi connectivity index (χ1n) is 8.50. The summed E-state index contributed by atoms with van der Waals surface area (Å²) in [6, 6.07) is 11.6. The molecule has 138 valence electrons. The molecular weight excluding hydrogens is 360 g/mol. The number of nitrogens with zero attached hydrogens (tertiary/aromatic N) is 1. The van der Waals surface area contributed by atoms with Crippen molar-refractivity contribution < 1.29 is 9.90 Å². The number of nitrogens with two attached hydrogens (primary N) is 1. The Balaban J connectivity index is 1.52. The van der Waals surface area contributed by atoms with E-state index in [1.165, 1.54) is 11.3 Å². The van der Waals surface area contributed by atoms with Gasteiger partial charge in [0, 0.05) is 18.8 Å². The van der Waals surface area contributed by atoms with Crippen LogP contribution in [0.3, 0.4) is 0 Å². The van der Waals surface area contributed by atoms with Crippen LogP contribution in [0.4, 0.5) is 10.8 Å². The van der Waals surface area contributed by atoms with Gasteiger partial charge in [-0.1, -0.05) is 23.5 Å². The molecule has 1 heterocycles. The van der Waals surface area contributed by atoms with E-state index in [1.807, 2.05) is 36.3 Å². The van der Waals surface area contributed by atoms with Crippen molar-refractivity contribution in [3.8, 4) is 18.1 Å². The Kier molecular flexibility index (Phi) is 5.79. The standard InChI is InChI=1S/C20H20N4O2S/c1-2-18(26)23-12-14-5-3-7-15(9-14)22-8-4-6-13-10-16(25)19-17(11-13)27-20(21)24-19/h1,3,5,7,9-11,22,25H,4,6,8,12H2,(H2,21,24)(H,23,26). The highest BCUT2D eigenvalue weighted by atomic mass is 32.1. The number of phenols is 1. The normalized spacial score (nSPS) is 10.5. The molecule has 0 unspecified atom stereocenters. The van der Waals surface area contributed by atoms with Crippen LogP contribution < -0.4 is 16.4 Å². The molecule has 0 aliphatic heterocycles. The Morgan fingerprint density at radius 2 is 2.15 bits per heavy atom. The van der Waals surface area contributed by atoms with Gasteiger partial charge in [0.2, 0.25) is 0 Å². The first kappa shape index (κ1) is 18.5. The van der Waals surface area contributed by atoms with Crippen molar-refractivity contribution in [3.05, 3.63) is 47.5 Å². The summed E-state index contributed by atoms with van der Waals surface area (Å²) < 4.78 is 0.900. The van der Waals surface area contributed by atoms with Crippen LogP contribution in [0.2, 0.25) is 0 Å². The summed E-state index contributed by atoms with van der Waals surface area (Å²) in [6.45, 7) is 1.18. The van der Waals surface area contributed by atoms with Gasteiger partial charge in [-0.15, -0.1) is 6.42 Å². The zero-order valence-corrected chi connectivity index (χ0v) is 15.5. The van der Waals surface area contributed by atoms with E-state index in [0.717, 1.165) is 40.9 Å². The van der Waals surface area contributed by atoms with Crippen LogP contribution in [0.15, 0.2) is 36.4 Å². The molecule has 0 bridgehead atoms. The predicted octanol–water partition coefficient (Wildman–Crippen LogP) is 2.88. The van der Waals surface area contributed by atoms with Gasteiger partial charge in [0.15, 0.2) is 5.13 Å². The molecular formula is C20H20N4O2S. The molecule has 6 nitrogen and oxygen atoms in total. The number of aromatic nitrogens is 1. The molecule has 0 saturated heterocycles. The molecule has 0 spiro atoms. The number of hydrogen-bond donors (Lipinski definition) is 4. The minimum Gasteiger partial charge on any atom is -0.506 e. The molecule has 3 aromatic rings. The van der Waals surface area contributed by atoms with E-state index in [1.54, 1.807) is 6.07 Å². The van der Waals surface area contributed by atoms with Gasteiger partial charge in [-0.05, 0) is 54.2 Å². The molecule has 2 aromatic carbocycles. The zero-order chi connectivity index (χ0) is 19.2. The van der Waals surface area contributed by atoms with Crippen LogP contribution >= 0.6 is 11.3 Å². The molecule has 0 aliphatic carbocycles. The first-order chi connectivity index (χ1) is 13.0. The van der Waals surface area contributed by atoms with Crippen LogP contribution in [-0.2, 0) is 17.8 Å². The Morgan fingerprint density at radius 1 is 1.30 bits per heavy atom. The Hall–Kier alpha value is -3.24. The van der Waals surface area contributed by atoms with E-state index in [0.29, 0.717) is 17.2 Å². The number of terminal acetylenes is 1. The van der Waals surface area contributed by atoms with Crippen LogP contribution in [0.1, 0.15) is 17.5 Å². The lowest BCUT2D eigenvalue weighted by Gasteiger charge is -2.09. The van der Waals surface area contributed by atoms with Gasteiger partial charge in [0.05, 0.1) is 4.70 Å². The fourth-order valence-electron chi connectivity index (χ4n) is 2.78. The summed E-state index contributed by atoms with van der Waals surface area (Å²) in [6.07, 6.45) is 6.76. The molecule has 0 radical (unpaired) electrons. The minimum atomic E-state index is -0.420. The molecule has 1 aromatic heterocycles. The van der Waals surface area contributed by atoms with Gasteiger partial charge in [0.1, 0.15) is 11.3 Å². The number of fused-ring (bicyclic) bond motifs is 1. The van der Waals surface area contributed by atoms with Gasteiger partial charge < -0.3 is 21.5 Å². The van der Waals surface area contributed by atoms with Crippen LogP contribution in [-0.4, -0.2) is 22.5 Å². The van der Waals surface area contributed by atoms with E-state index in [9.17, 15) is 9.90 Å². The number of carbonyl (C=O) groups is 1. The van der Waals surface area contributed by atoms with Gasteiger partial charge in [-0.25, -0.2) is 4.98 Å². The molecule has 27 heavy (non-hydrogen) atoms. The molecule has 0 saturated carbocycles. The van der Waals surface area contributed by atoms with E-state index in [-0.39, 0.29) is 5.75 Å². The van der Waals surface area contributed by atoms with Gasteiger partial charge in [0.25, 0.3) is 5.91 Å². The summed E-state index contributed by atoms with van der Waals surface area (Å²) in [5, 5.41) is 16.5. The Morgan fingerprint density at radius 3 is 2.96 bits per heavy atom. The minimum absolute atomic E-state index is 0.171. The second kappa shape index (κ2) is 8.43. The second-order valence-electron chi connectivity index (χ2n) is 6.07. The molecule has 7 heteroatoms. The zero-order valence-electron chi connectivity index (χ0n) is 14.7. The SMILES string of the molecule is C#CC(=O)NCc1cccc(NCCCc2cc(O)c3nc(N)sc3c2)c1. The Labute approximate surface area is 161 Å². The number of aryl methyl sites for hydroxylation is 1. The maximum atomic E-state index is 11.1. The number of amides is 1. The summed E-state index contributed by atoms with van der Waals surface area (Å²) in [5.41, 5.74) is 9.28. The van der Waals surface area contributed by atoms with Crippen LogP contribution in [0, 0.1) is 12.3 Å². The van der Waals surface area contributed by atoms with Crippen molar-refractivity contribution in [2.45, 2.75) is 19.4 Å². The van der Waals surface area contributed by atoms with Crippen molar-refractivity contribution in [1.29, 1.82) is 0 Å². The van der Waals surface area contributed by atoms with E-state index >= 15 is 0 Å². The van der Waals surface area contributed by atoms with E-state index < -0.39 is 5.91 Å². The van der Waals surface area contributed by atoms with E-state index in [2.05, 4.69) is 15.6 Å². The third-order valence-electron chi connectivity index (χ3n) is 4.03. The number of thiazole rings is 1. The van der Waals surface area contributed by atoms with Crippen LogP contribution in [0.5, 0.6) is 5.75 Å². The number of aromatic hydroxyl groups is 1. The van der Waals surface area contributed by atoms with Gasteiger partial charge >= 0.3 is 0 Å². The first-order valence-corrected chi connectivity index (χ1v) is 9.32. The highest BCUT2D eigenvalue weighted by Crippen LogP contribution is 2.32. The predicted molar refractivity (Wildman–Crippen MR) is 110 cm³/mol. The number of nitrogens with one attached hydrogen (secondary N) is 2. The number of nitrogen functional groups attached to an aromatic ring is 1. The van der Waals surface area contributed by atoms with Crippen LogP contribution in [0.25, 0.3) is 10.2 Å². The largest absolute Gasteiger partial charge is 0.506 e. The maximum Gasteiger partial charge on any atom is 0.295 e. The number of anilines is 2. The summed E-state index contributed by atoms with van der Waals surface area (Å²) in [4.78, 5) is 15.3. The smallest absolute Gasteiger partial charge is 0.295 e. The third-order valence-corrected chi connectivity index (χ3v) is 4.87. The average molecular weight is 380 g/mol.